The second-order valence-electron chi connectivity index (χ2n) is 8.01. The van der Waals surface area contributed by atoms with Gasteiger partial charge in [-0.25, -0.2) is 9.50 Å². The molecule has 0 saturated carbocycles. The molecule has 2 aliphatic rings. The summed E-state index contributed by atoms with van der Waals surface area (Å²) in [5, 5.41) is 16.9. The second-order valence-corrected chi connectivity index (χ2v) is 9.64. The molecular formula is C22H16ClN9O2S. The van der Waals surface area contributed by atoms with Crippen molar-refractivity contribution in [2.45, 2.75) is 18.2 Å². The van der Waals surface area contributed by atoms with E-state index in [0.29, 0.717) is 53.7 Å². The van der Waals surface area contributed by atoms with Gasteiger partial charge in [0.1, 0.15) is 11.1 Å². The third kappa shape index (κ3) is 3.39. The van der Waals surface area contributed by atoms with Crippen molar-refractivity contribution < 1.29 is 4.79 Å². The number of nitrogens with two attached hydrogens (primary N) is 1. The molecule has 1 aromatic carbocycles. The molecule has 0 bridgehead atoms. The summed E-state index contributed by atoms with van der Waals surface area (Å²) >= 11 is 7.70. The van der Waals surface area contributed by atoms with Crippen LogP contribution in [0.15, 0.2) is 41.3 Å². The van der Waals surface area contributed by atoms with Gasteiger partial charge in [-0.1, -0.05) is 17.7 Å². The smallest absolute Gasteiger partial charge is 0.284 e. The summed E-state index contributed by atoms with van der Waals surface area (Å²) in [6.45, 7) is 0.849. The van der Waals surface area contributed by atoms with E-state index in [0.717, 1.165) is 0 Å². The Morgan fingerprint density at radius 2 is 2.11 bits per heavy atom. The molecule has 5 heterocycles. The number of nitrogen functional groups attached to an aromatic ring is 1. The average Bonchev–Trinajstić information content (AvgIpc) is 3.58. The molecule has 0 radical (unpaired) electrons. The van der Waals surface area contributed by atoms with E-state index in [1.807, 2.05) is 4.31 Å². The maximum Gasteiger partial charge on any atom is 0.284 e. The van der Waals surface area contributed by atoms with Crippen LogP contribution in [0.2, 0.25) is 5.02 Å². The first-order valence-electron chi connectivity index (χ1n) is 10.6. The molecule has 35 heavy (non-hydrogen) atoms. The number of hydrogen-bond acceptors (Lipinski definition) is 9. The summed E-state index contributed by atoms with van der Waals surface area (Å²) in [6, 6.07) is 10.5. The molecule has 1 amide bonds. The molecule has 0 aliphatic carbocycles. The lowest BCUT2D eigenvalue weighted by Crippen LogP contribution is -2.27. The van der Waals surface area contributed by atoms with E-state index in [-0.39, 0.29) is 33.2 Å². The molecule has 6 rings (SSSR count). The van der Waals surface area contributed by atoms with Gasteiger partial charge in [-0.15, -0.1) is 0 Å². The van der Waals surface area contributed by atoms with Crippen LogP contribution in [0.3, 0.4) is 0 Å². The summed E-state index contributed by atoms with van der Waals surface area (Å²) in [5.74, 6) is 0.776. The van der Waals surface area contributed by atoms with Crippen molar-refractivity contribution in [1.29, 1.82) is 5.26 Å². The van der Waals surface area contributed by atoms with Gasteiger partial charge in [-0.3, -0.25) is 18.5 Å². The van der Waals surface area contributed by atoms with Crippen LogP contribution in [0.1, 0.15) is 39.1 Å². The molecule has 1 atom stereocenters. The van der Waals surface area contributed by atoms with Crippen LogP contribution in [0, 0.1) is 11.3 Å². The number of fused-ring (bicyclic) bond motifs is 2. The Hall–Kier alpha value is -4.08. The number of carbonyl (C=O) groups excluding carboxylic acids is 1. The lowest BCUT2D eigenvalue weighted by atomic mass is 10.2. The van der Waals surface area contributed by atoms with Crippen LogP contribution in [0.5, 0.6) is 0 Å². The van der Waals surface area contributed by atoms with E-state index in [1.165, 1.54) is 21.0 Å². The number of nitrogens with one attached hydrogen (secondary N) is 1. The largest absolute Gasteiger partial charge is 0.368 e. The van der Waals surface area contributed by atoms with Gasteiger partial charge in [0.25, 0.3) is 11.5 Å². The van der Waals surface area contributed by atoms with Crippen molar-refractivity contribution in [2.24, 2.45) is 0 Å². The number of halogens is 1. The Morgan fingerprint density at radius 3 is 2.94 bits per heavy atom. The number of rotatable bonds is 3. The minimum Gasteiger partial charge on any atom is -0.368 e. The number of amides is 1. The predicted molar refractivity (Wildman–Crippen MR) is 130 cm³/mol. The molecule has 0 spiro atoms. The molecule has 3 aromatic heterocycles. The summed E-state index contributed by atoms with van der Waals surface area (Å²) in [4.78, 5) is 34.6. The summed E-state index contributed by atoms with van der Waals surface area (Å²) in [6.07, 6.45) is 2.26. The molecule has 11 nitrogen and oxygen atoms in total. The first kappa shape index (κ1) is 21.5. The molecule has 1 fully saturated rings. The van der Waals surface area contributed by atoms with Crippen LogP contribution in [-0.4, -0.2) is 36.6 Å². The van der Waals surface area contributed by atoms with E-state index in [4.69, 9.17) is 22.4 Å². The topological polar surface area (TPSA) is 147 Å². The molecular weight excluding hydrogens is 490 g/mol. The lowest BCUT2D eigenvalue weighted by molar-refractivity contribution is 0.0966. The summed E-state index contributed by atoms with van der Waals surface area (Å²) in [7, 11) is 0. The highest BCUT2D eigenvalue weighted by atomic mass is 35.5. The number of benzene rings is 1. The van der Waals surface area contributed by atoms with Crippen LogP contribution in [0.4, 0.5) is 11.8 Å². The standard InChI is InChI=1S/C22H16ClN9O2S/c23-13-4-6-30-17(13)21(34)32(12-3-1-2-11(8-12)9-24)18(29-30)15-5-7-31(35-15)19-16-14(10-26-20(16)33)27-22(25)28-19/h1-4,6,8,15H,5,7,10H2,(H,26,33)(H2,25,27,28). The normalized spacial score (nSPS) is 17.0. The van der Waals surface area contributed by atoms with Crippen LogP contribution < -0.4 is 20.9 Å². The average molecular weight is 506 g/mol. The van der Waals surface area contributed by atoms with E-state index in [9.17, 15) is 14.9 Å². The summed E-state index contributed by atoms with van der Waals surface area (Å²) in [5.41, 5.74) is 7.71. The van der Waals surface area contributed by atoms with E-state index < -0.39 is 0 Å². The summed E-state index contributed by atoms with van der Waals surface area (Å²) < 4.78 is 4.86. The van der Waals surface area contributed by atoms with Gasteiger partial charge in [0.2, 0.25) is 5.95 Å². The number of anilines is 2. The molecule has 1 saturated heterocycles. The Bertz CT molecular complexity index is 1640. The molecule has 13 heteroatoms. The third-order valence-corrected chi connectivity index (χ3v) is 7.51. The lowest BCUT2D eigenvalue weighted by Gasteiger charge is -2.20. The van der Waals surface area contributed by atoms with Gasteiger partial charge in [-0.2, -0.15) is 15.3 Å². The first-order valence-corrected chi connectivity index (χ1v) is 11.9. The Labute approximate surface area is 207 Å². The monoisotopic (exact) mass is 505 g/mol. The predicted octanol–water partition coefficient (Wildman–Crippen LogP) is 2.23. The maximum absolute atomic E-state index is 13.6. The highest BCUT2D eigenvalue weighted by molar-refractivity contribution is 8.01. The number of aromatic nitrogens is 5. The van der Waals surface area contributed by atoms with Crippen molar-refractivity contribution in [3.8, 4) is 11.8 Å². The van der Waals surface area contributed by atoms with E-state index >= 15 is 0 Å². The van der Waals surface area contributed by atoms with Crippen molar-refractivity contribution in [1.82, 2.24) is 29.5 Å². The van der Waals surface area contributed by atoms with Crippen LogP contribution in [0.25, 0.3) is 11.2 Å². The Morgan fingerprint density at radius 1 is 1.26 bits per heavy atom. The van der Waals surface area contributed by atoms with E-state index in [1.54, 1.807) is 36.5 Å². The fourth-order valence-electron chi connectivity index (χ4n) is 4.35. The highest BCUT2D eigenvalue weighted by Gasteiger charge is 2.36. The van der Waals surface area contributed by atoms with Gasteiger partial charge in [0, 0.05) is 12.7 Å². The van der Waals surface area contributed by atoms with Gasteiger partial charge in [0.05, 0.1) is 39.8 Å². The molecule has 2 aliphatic heterocycles. The minimum absolute atomic E-state index is 0.0889. The second kappa shape index (κ2) is 8.00. The molecule has 1 unspecified atom stereocenters. The SMILES string of the molecule is N#Cc1cccc(-n2c(C3CCN(c4nc(N)nc5c4C(=O)NC5)S3)nn3ccc(Cl)c3c2=O)c1. The van der Waals surface area contributed by atoms with Gasteiger partial charge in [-0.05, 0) is 42.6 Å². The van der Waals surface area contributed by atoms with Gasteiger partial charge in [0.15, 0.2) is 11.6 Å². The van der Waals surface area contributed by atoms with Crippen molar-refractivity contribution in [3.63, 3.8) is 0 Å². The molecule has 174 valence electrons. The first-order chi connectivity index (χ1) is 16.9. The quantitative estimate of drug-likeness (QED) is 0.400. The van der Waals surface area contributed by atoms with Crippen molar-refractivity contribution in [3.05, 3.63) is 74.6 Å². The van der Waals surface area contributed by atoms with Gasteiger partial charge < -0.3 is 11.1 Å². The number of hydrogen-bond donors (Lipinski definition) is 2. The minimum atomic E-state index is -0.342. The Balaban J connectivity index is 1.48. The van der Waals surface area contributed by atoms with Gasteiger partial charge >= 0.3 is 0 Å². The van der Waals surface area contributed by atoms with Crippen LogP contribution >= 0.6 is 23.5 Å². The van der Waals surface area contributed by atoms with Crippen molar-refractivity contribution in [2.75, 3.05) is 16.6 Å². The highest BCUT2D eigenvalue weighted by Crippen LogP contribution is 2.44. The fraction of sp³-hybridized carbons (Fsp3) is 0.182. The zero-order valence-electron chi connectivity index (χ0n) is 18.0. The van der Waals surface area contributed by atoms with Crippen molar-refractivity contribution >= 4 is 46.7 Å². The third-order valence-electron chi connectivity index (χ3n) is 5.89. The fourth-order valence-corrected chi connectivity index (χ4v) is 5.78. The number of carbonyl (C=O) groups is 1. The Kier molecular flexibility index (Phi) is 4.91. The number of nitrogens with zero attached hydrogens (tertiary/aromatic N) is 7. The zero-order chi connectivity index (χ0) is 24.3. The zero-order valence-corrected chi connectivity index (χ0v) is 19.5. The molecule has 3 N–H and O–H groups in total. The molecule has 4 aromatic rings. The maximum atomic E-state index is 13.6. The van der Waals surface area contributed by atoms with Crippen LogP contribution in [-0.2, 0) is 6.54 Å². The number of nitriles is 1. The van der Waals surface area contributed by atoms with E-state index in [2.05, 4.69) is 21.4 Å².